The molecule has 0 aliphatic rings. The molecule has 108 valence electrons. The Hall–Kier alpha value is -1.20. The van der Waals surface area contributed by atoms with Crippen LogP contribution in [0.4, 0.5) is 8.78 Å². The van der Waals surface area contributed by atoms with Crippen LogP contribution in [0.25, 0.3) is 0 Å². The van der Waals surface area contributed by atoms with Crippen molar-refractivity contribution in [1.29, 1.82) is 0 Å². The molecule has 0 amide bonds. The van der Waals surface area contributed by atoms with Crippen LogP contribution in [0.2, 0.25) is 0 Å². The summed E-state index contributed by atoms with van der Waals surface area (Å²) in [6.45, 7) is 4.13. The zero-order chi connectivity index (χ0) is 14.3. The van der Waals surface area contributed by atoms with Gasteiger partial charge in [0.05, 0.1) is 18.8 Å². The molecule has 0 aliphatic carbocycles. The Morgan fingerprint density at radius 3 is 2.47 bits per heavy atom. The van der Waals surface area contributed by atoms with Crippen molar-refractivity contribution in [1.82, 2.24) is 5.32 Å². The minimum absolute atomic E-state index is 0.0873. The normalized spacial score (nSPS) is 13.0. The molecule has 0 saturated heterocycles. The highest BCUT2D eigenvalue weighted by molar-refractivity contribution is 5.36. The van der Waals surface area contributed by atoms with Crippen LogP contribution in [0, 0.1) is 0 Å². The van der Waals surface area contributed by atoms with E-state index in [1.54, 1.807) is 24.3 Å². The monoisotopic (exact) mass is 273 g/mol. The molecule has 1 N–H and O–H groups in total. The molecule has 0 fully saturated rings. The molecular formula is C14H21F2NO2. The van der Waals surface area contributed by atoms with Crippen LogP contribution < -0.4 is 10.1 Å². The van der Waals surface area contributed by atoms with Gasteiger partial charge in [-0.25, -0.2) is 0 Å². The molecule has 0 aliphatic heterocycles. The fourth-order valence-corrected chi connectivity index (χ4v) is 1.77. The van der Waals surface area contributed by atoms with Crippen LogP contribution >= 0.6 is 0 Å². The summed E-state index contributed by atoms with van der Waals surface area (Å²) in [6, 6.07) is 6.62. The Labute approximate surface area is 112 Å². The molecule has 0 aromatic heterocycles. The van der Waals surface area contributed by atoms with E-state index in [9.17, 15) is 8.78 Å². The number of halogens is 2. The summed E-state index contributed by atoms with van der Waals surface area (Å²) < 4.78 is 34.9. The fourth-order valence-electron chi connectivity index (χ4n) is 1.77. The average molecular weight is 273 g/mol. The zero-order valence-electron chi connectivity index (χ0n) is 11.5. The zero-order valence-corrected chi connectivity index (χ0v) is 11.5. The maximum absolute atomic E-state index is 12.4. The Morgan fingerprint density at radius 1 is 1.21 bits per heavy atom. The van der Waals surface area contributed by atoms with Gasteiger partial charge in [0.2, 0.25) is 0 Å². The van der Waals surface area contributed by atoms with E-state index in [1.165, 1.54) is 0 Å². The van der Waals surface area contributed by atoms with E-state index in [2.05, 4.69) is 10.1 Å². The largest absolute Gasteiger partial charge is 0.434 e. The molecule has 0 bridgehead atoms. The van der Waals surface area contributed by atoms with Crippen LogP contribution in [-0.4, -0.2) is 25.9 Å². The Morgan fingerprint density at radius 2 is 1.89 bits per heavy atom. The van der Waals surface area contributed by atoms with Gasteiger partial charge >= 0.3 is 6.61 Å². The number of hydrogen-bond donors (Lipinski definition) is 1. The van der Waals surface area contributed by atoms with Gasteiger partial charge in [-0.1, -0.05) is 25.1 Å². The number of nitrogens with one attached hydrogen (secondary N) is 1. The lowest BCUT2D eigenvalue weighted by atomic mass is 10.1. The third-order valence-corrected chi connectivity index (χ3v) is 2.56. The van der Waals surface area contributed by atoms with Crippen molar-refractivity contribution in [3.8, 4) is 5.75 Å². The number of ether oxygens (including phenoxy) is 2. The van der Waals surface area contributed by atoms with E-state index in [-0.39, 0.29) is 17.9 Å². The standard InChI is InChI=1S/C14H21F2NO2/c1-4-17-12(9-18-10(2)3)11-7-5-6-8-13(11)19-14(15)16/h5-8,10,12,14,17H,4,9H2,1-3H3. The lowest BCUT2D eigenvalue weighted by Gasteiger charge is -2.22. The lowest BCUT2D eigenvalue weighted by Crippen LogP contribution is -2.27. The summed E-state index contributed by atoms with van der Waals surface area (Å²) in [7, 11) is 0. The van der Waals surface area contributed by atoms with Crippen molar-refractivity contribution in [3.05, 3.63) is 29.8 Å². The summed E-state index contributed by atoms with van der Waals surface area (Å²) in [4.78, 5) is 0. The van der Waals surface area contributed by atoms with Crippen molar-refractivity contribution < 1.29 is 18.3 Å². The molecule has 1 aromatic rings. The van der Waals surface area contributed by atoms with Gasteiger partial charge < -0.3 is 14.8 Å². The summed E-state index contributed by atoms with van der Waals surface area (Å²) >= 11 is 0. The minimum Gasteiger partial charge on any atom is -0.434 e. The van der Waals surface area contributed by atoms with Crippen molar-refractivity contribution in [2.75, 3.05) is 13.2 Å². The SMILES string of the molecule is CCNC(COC(C)C)c1ccccc1OC(F)F. The smallest absolute Gasteiger partial charge is 0.387 e. The Kier molecular flexibility index (Phi) is 6.73. The van der Waals surface area contributed by atoms with E-state index < -0.39 is 6.61 Å². The number of hydrogen-bond acceptors (Lipinski definition) is 3. The molecule has 0 spiro atoms. The van der Waals surface area contributed by atoms with E-state index in [0.29, 0.717) is 12.2 Å². The van der Waals surface area contributed by atoms with Gasteiger partial charge in [0.15, 0.2) is 0 Å². The highest BCUT2D eigenvalue weighted by atomic mass is 19.3. The number of benzene rings is 1. The van der Waals surface area contributed by atoms with Crippen LogP contribution in [0.15, 0.2) is 24.3 Å². The molecule has 1 atom stereocenters. The molecule has 0 saturated carbocycles. The number of alkyl halides is 2. The lowest BCUT2D eigenvalue weighted by molar-refractivity contribution is -0.0511. The van der Waals surface area contributed by atoms with Gasteiger partial charge in [0, 0.05) is 5.56 Å². The molecule has 0 heterocycles. The number of rotatable bonds is 8. The van der Waals surface area contributed by atoms with Gasteiger partial charge in [-0.3, -0.25) is 0 Å². The summed E-state index contributed by atoms with van der Waals surface area (Å²) in [5, 5.41) is 3.22. The van der Waals surface area contributed by atoms with Crippen molar-refractivity contribution in [3.63, 3.8) is 0 Å². The Bertz CT molecular complexity index is 372. The third kappa shape index (κ3) is 5.53. The molecule has 1 rings (SSSR count). The topological polar surface area (TPSA) is 30.5 Å². The van der Waals surface area contributed by atoms with Crippen LogP contribution in [-0.2, 0) is 4.74 Å². The fraction of sp³-hybridized carbons (Fsp3) is 0.571. The van der Waals surface area contributed by atoms with Crippen molar-refractivity contribution >= 4 is 0 Å². The van der Waals surface area contributed by atoms with E-state index in [0.717, 1.165) is 6.54 Å². The molecule has 1 aromatic carbocycles. The first kappa shape index (κ1) is 15.9. The molecule has 1 unspecified atom stereocenters. The van der Waals surface area contributed by atoms with Gasteiger partial charge in [-0.15, -0.1) is 0 Å². The first-order valence-electron chi connectivity index (χ1n) is 6.43. The first-order valence-corrected chi connectivity index (χ1v) is 6.43. The minimum atomic E-state index is -2.82. The second-order valence-corrected chi connectivity index (χ2v) is 4.41. The molecule has 19 heavy (non-hydrogen) atoms. The molecule has 0 radical (unpaired) electrons. The number of likely N-dealkylation sites (N-methyl/N-ethyl adjacent to an activating group) is 1. The highest BCUT2D eigenvalue weighted by Crippen LogP contribution is 2.27. The summed E-state index contributed by atoms with van der Waals surface area (Å²) in [5.74, 6) is 0.191. The van der Waals surface area contributed by atoms with Crippen molar-refractivity contribution in [2.24, 2.45) is 0 Å². The maximum atomic E-state index is 12.4. The average Bonchev–Trinajstić information content (AvgIpc) is 2.34. The van der Waals surface area contributed by atoms with E-state index in [4.69, 9.17) is 4.74 Å². The van der Waals surface area contributed by atoms with E-state index >= 15 is 0 Å². The molecule has 3 nitrogen and oxygen atoms in total. The van der Waals surface area contributed by atoms with Crippen LogP contribution in [0.5, 0.6) is 5.75 Å². The maximum Gasteiger partial charge on any atom is 0.387 e. The van der Waals surface area contributed by atoms with Gasteiger partial charge in [-0.05, 0) is 26.5 Å². The van der Waals surface area contributed by atoms with Gasteiger partial charge in [0.1, 0.15) is 5.75 Å². The summed E-state index contributed by atoms with van der Waals surface area (Å²) in [6.07, 6.45) is 0.0873. The van der Waals surface area contributed by atoms with Crippen LogP contribution in [0.3, 0.4) is 0 Å². The first-order chi connectivity index (χ1) is 9.04. The van der Waals surface area contributed by atoms with Crippen LogP contribution in [0.1, 0.15) is 32.4 Å². The predicted molar refractivity (Wildman–Crippen MR) is 70.6 cm³/mol. The third-order valence-electron chi connectivity index (χ3n) is 2.56. The second-order valence-electron chi connectivity index (χ2n) is 4.41. The van der Waals surface area contributed by atoms with E-state index in [1.807, 2.05) is 20.8 Å². The molecular weight excluding hydrogens is 252 g/mol. The predicted octanol–water partition coefficient (Wildman–Crippen LogP) is 3.36. The molecule has 5 heteroatoms. The van der Waals surface area contributed by atoms with Gasteiger partial charge in [-0.2, -0.15) is 8.78 Å². The second kappa shape index (κ2) is 8.07. The highest BCUT2D eigenvalue weighted by Gasteiger charge is 2.18. The van der Waals surface area contributed by atoms with Gasteiger partial charge in [0.25, 0.3) is 0 Å². The number of para-hydroxylation sites is 1. The van der Waals surface area contributed by atoms with Crippen molar-refractivity contribution in [2.45, 2.75) is 39.5 Å². The quantitative estimate of drug-likeness (QED) is 0.787. The summed E-state index contributed by atoms with van der Waals surface area (Å²) in [5.41, 5.74) is 0.685. The Balaban J connectivity index is 2.87.